The minimum Gasteiger partial charge on any atom is -0.344 e. The Labute approximate surface area is 154 Å². The van der Waals surface area contributed by atoms with Gasteiger partial charge in [-0.05, 0) is 23.5 Å². The third-order valence-electron chi connectivity index (χ3n) is 4.01. The van der Waals surface area contributed by atoms with Crippen molar-refractivity contribution in [2.45, 2.75) is 53.5 Å². The topological polar surface area (TPSA) is 68.0 Å². The molecule has 2 aromatic rings. The summed E-state index contributed by atoms with van der Waals surface area (Å²) in [6.07, 6.45) is 1.32. The molecule has 5 nitrogen and oxygen atoms in total. The summed E-state index contributed by atoms with van der Waals surface area (Å²) in [6, 6.07) is 6.98. The van der Waals surface area contributed by atoms with Gasteiger partial charge in [-0.3, -0.25) is 4.79 Å². The summed E-state index contributed by atoms with van der Waals surface area (Å²) < 4.78 is 5.46. The lowest BCUT2D eigenvalue weighted by atomic mass is 9.91. The molecule has 0 aliphatic heterocycles. The second-order valence-electron chi connectivity index (χ2n) is 7.63. The molecule has 0 spiro atoms. The monoisotopic (exact) mass is 363 g/mol. The van der Waals surface area contributed by atoms with E-state index in [0.29, 0.717) is 23.2 Å². The number of carbonyl (C=O) groups excluding carboxylic acids is 1. The van der Waals surface area contributed by atoms with Crippen LogP contribution in [0, 0.1) is 11.3 Å². The number of carbonyl (C=O) groups is 1. The first kappa shape index (κ1) is 19.4. The molecule has 136 valence electrons. The van der Waals surface area contributed by atoms with E-state index in [0.717, 1.165) is 12.0 Å². The van der Waals surface area contributed by atoms with Gasteiger partial charge in [-0.25, -0.2) is 0 Å². The van der Waals surface area contributed by atoms with E-state index in [2.05, 4.69) is 29.3 Å². The summed E-state index contributed by atoms with van der Waals surface area (Å²) in [7, 11) is 0. The second-order valence-corrected chi connectivity index (χ2v) is 8.07. The van der Waals surface area contributed by atoms with Gasteiger partial charge in [0.25, 0.3) is 0 Å². The molecule has 0 bridgehead atoms. The van der Waals surface area contributed by atoms with Gasteiger partial charge in [0.2, 0.25) is 17.6 Å². The van der Waals surface area contributed by atoms with Gasteiger partial charge >= 0.3 is 0 Å². The number of benzene rings is 1. The molecule has 2 atom stereocenters. The van der Waals surface area contributed by atoms with E-state index in [-0.39, 0.29) is 23.3 Å². The van der Waals surface area contributed by atoms with E-state index < -0.39 is 0 Å². The van der Waals surface area contributed by atoms with Crippen LogP contribution in [0.1, 0.15) is 59.4 Å². The van der Waals surface area contributed by atoms with Gasteiger partial charge in [-0.2, -0.15) is 4.98 Å². The number of halogens is 1. The quantitative estimate of drug-likeness (QED) is 0.781. The number of aromatic nitrogens is 2. The lowest BCUT2D eigenvalue weighted by Gasteiger charge is -2.23. The highest BCUT2D eigenvalue weighted by atomic mass is 35.5. The summed E-state index contributed by atoms with van der Waals surface area (Å²) in [5, 5.41) is 7.72. The lowest BCUT2D eigenvalue weighted by Crippen LogP contribution is -2.34. The number of nitrogens with one attached hydrogen (secondary N) is 1. The number of nitrogens with zero attached hydrogens (tertiary/aromatic N) is 2. The Morgan fingerprint density at radius 1 is 1.36 bits per heavy atom. The van der Waals surface area contributed by atoms with Crippen LogP contribution in [0.4, 0.5) is 0 Å². The molecule has 0 unspecified atom stereocenters. The molecule has 0 aliphatic carbocycles. The van der Waals surface area contributed by atoms with Gasteiger partial charge in [-0.15, -0.1) is 0 Å². The highest BCUT2D eigenvalue weighted by Gasteiger charge is 2.28. The minimum atomic E-state index is -0.305. The normalized spacial score (nSPS) is 14.2. The molecule has 0 saturated heterocycles. The van der Waals surface area contributed by atoms with E-state index >= 15 is 0 Å². The van der Waals surface area contributed by atoms with Crippen LogP contribution in [0.15, 0.2) is 28.8 Å². The fourth-order valence-corrected chi connectivity index (χ4v) is 2.69. The Balaban J connectivity index is 2.23. The smallest absolute Gasteiger partial charge is 0.249 e. The molecule has 0 aliphatic rings. The van der Waals surface area contributed by atoms with Crippen LogP contribution in [0.25, 0.3) is 11.4 Å². The number of rotatable bonds is 6. The van der Waals surface area contributed by atoms with Crippen molar-refractivity contribution >= 4 is 17.5 Å². The van der Waals surface area contributed by atoms with Crippen LogP contribution in [-0.4, -0.2) is 16.0 Å². The Kier molecular flexibility index (Phi) is 6.22. The molecule has 1 heterocycles. The number of hydrogen-bond donors (Lipinski definition) is 1. The average molecular weight is 364 g/mol. The average Bonchev–Trinajstić information content (AvgIpc) is 3.00. The maximum atomic E-state index is 12.4. The minimum absolute atomic E-state index is 0.0136. The molecule has 1 aromatic carbocycles. The molecule has 6 heteroatoms. The van der Waals surface area contributed by atoms with Crippen LogP contribution in [-0.2, 0) is 4.79 Å². The van der Waals surface area contributed by atoms with E-state index in [4.69, 9.17) is 16.1 Å². The largest absolute Gasteiger partial charge is 0.344 e. The third-order valence-corrected chi connectivity index (χ3v) is 4.25. The number of amides is 1. The van der Waals surface area contributed by atoms with Crippen molar-refractivity contribution in [3.8, 4) is 11.4 Å². The van der Waals surface area contributed by atoms with E-state index in [9.17, 15) is 4.79 Å². The molecule has 0 fully saturated rings. The zero-order valence-electron chi connectivity index (χ0n) is 15.5. The van der Waals surface area contributed by atoms with Gasteiger partial charge < -0.3 is 9.84 Å². The van der Waals surface area contributed by atoms with Crippen molar-refractivity contribution in [3.63, 3.8) is 0 Å². The first-order valence-corrected chi connectivity index (χ1v) is 8.96. The van der Waals surface area contributed by atoms with Crippen LogP contribution in [0.5, 0.6) is 0 Å². The first-order valence-electron chi connectivity index (χ1n) is 8.58. The number of hydrogen-bond acceptors (Lipinski definition) is 4. The molecule has 0 radical (unpaired) electrons. The van der Waals surface area contributed by atoms with Crippen molar-refractivity contribution in [1.29, 1.82) is 0 Å². The van der Waals surface area contributed by atoms with Gasteiger partial charge in [-0.1, -0.05) is 69.9 Å². The van der Waals surface area contributed by atoms with Crippen molar-refractivity contribution in [2.75, 3.05) is 0 Å². The molecular formula is C19H26ClN3O2. The highest BCUT2D eigenvalue weighted by Crippen LogP contribution is 2.27. The van der Waals surface area contributed by atoms with Crippen LogP contribution in [0.3, 0.4) is 0 Å². The van der Waals surface area contributed by atoms with E-state index in [1.165, 1.54) is 0 Å². The standard InChI is InChI=1S/C19H26ClN3O2/c1-6-12(2)16(21-15(24)11-19(3,4)5)18-22-17(23-25-18)13-8-7-9-14(20)10-13/h7-10,12,16H,6,11H2,1-5H3,(H,21,24)/t12-,16+/m0/s1. The predicted molar refractivity (Wildman–Crippen MR) is 99.2 cm³/mol. The highest BCUT2D eigenvalue weighted by molar-refractivity contribution is 6.30. The molecule has 25 heavy (non-hydrogen) atoms. The third kappa shape index (κ3) is 5.56. The van der Waals surface area contributed by atoms with E-state index in [1.807, 2.05) is 32.9 Å². The fourth-order valence-electron chi connectivity index (χ4n) is 2.50. The summed E-state index contributed by atoms with van der Waals surface area (Å²) >= 11 is 6.02. The van der Waals surface area contributed by atoms with Crippen molar-refractivity contribution in [3.05, 3.63) is 35.2 Å². The Hall–Kier alpha value is -1.88. The van der Waals surface area contributed by atoms with Gasteiger partial charge in [0.05, 0.1) is 0 Å². The Morgan fingerprint density at radius 2 is 2.08 bits per heavy atom. The summed E-state index contributed by atoms with van der Waals surface area (Å²) in [5.41, 5.74) is 0.705. The maximum absolute atomic E-state index is 12.4. The van der Waals surface area contributed by atoms with Crippen molar-refractivity contribution in [1.82, 2.24) is 15.5 Å². The zero-order valence-corrected chi connectivity index (χ0v) is 16.2. The molecule has 1 N–H and O–H groups in total. The predicted octanol–water partition coefficient (Wildman–Crippen LogP) is 5.03. The van der Waals surface area contributed by atoms with Crippen molar-refractivity contribution in [2.24, 2.45) is 11.3 Å². The summed E-state index contributed by atoms with van der Waals surface area (Å²) in [6.45, 7) is 10.2. The van der Waals surface area contributed by atoms with Crippen LogP contribution in [0.2, 0.25) is 5.02 Å². The fraction of sp³-hybridized carbons (Fsp3) is 0.526. The molecular weight excluding hydrogens is 338 g/mol. The van der Waals surface area contributed by atoms with Crippen molar-refractivity contribution < 1.29 is 9.32 Å². The van der Waals surface area contributed by atoms with E-state index in [1.54, 1.807) is 12.1 Å². The maximum Gasteiger partial charge on any atom is 0.249 e. The first-order chi connectivity index (χ1) is 11.7. The van der Waals surface area contributed by atoms with Gasteiger partial charge in [0.1, 0.15) is 6.04 Å². The Bertz CT molecular complexity index is 721. The van der Waals surface area contributed by atoms with Gasteiger partial charge in [0.15, 0.2) is 0 Å². The Morgan fingerprint density at radius 3 is 2.68 bits per heavy atom. The SMILES string of the molecule is CC[C@H](C)[C@@H](NC(=O)CC(C)(C)C)c1nc(-c2cccc(Cl)c2)no1. The molecule has 1 aromatic heterocycles. The lowest BCUT2D eigenvalue weighted by molar-refractivity contribution is -0.124. The molecule has 0 saturated carbocycles. The summed E-state index contributed by atoms with van der Waals surface area (Å²) in [5.74, 6) is 1.05. The molecule has 2 rings (SSSR count). The van der Waals surface area contributed by atoms with Crippen LogP contribution >= 0.6 is 11.6 Å². The second kappa shape index (κ2) is 8.00. The zero-order chi connectivity index (χ0) is 18.6. The summed E-state index contributed by atoms with van der Waals surface area (Å²) in [4.78, 5) is 16.9. The molecule has 1 amide bonds. The van der Waals surface area contributed by atoms with Crippen LogP contribution < -0.4 is 5.32 Å². The van der Waals surface area contributed by atoms with Gasteiger partial charge in [0, 0.05) is 17.0 Å².